The van der Waals surface area contributed by atoms with Crippen molar-refractivity contribution in [1.82, 2.24) is 4.72 Å². The van der Waals surface area contributed by atoms with Crippen molar-refractivity contribution in [2.24, 2.45) is 0 Å². The number of benzene rings is 2. The Labute approximate surface area is 169 Å². The number of rotatable bonds is 9. The Morgan fingerprint density at radius 1 is 1.00 bits per heavy atom. The number of amides is 1. The van der Waals surface area contributed by atoms with E-state index in [9.17, 15) is 22.8 Å². The minimum absolute atomic E-state index is 0.0898. The monoisotopic (exact) mass is 418 g/mol. The minimum atomic E-state index is -3.71. The van der Waals surface area contributed by atoms with Crippen LogP contribution in [-0.4, -0.2) is 38.7 Å². The van der Waals surface area contributed by atoms with E-state index in [1.165, 1.54) is 26.0 Å². The van der Waals surface area contributed by atoms with E-state index < -0.39 is 28.0 Å². The molecule has 0 saturated carbocycles. The Morgan fingerprint density at radius 2 is 1.62 bits per heavy atom. The first-order valence-electron chi connectivity index (χ1n) is 8.85. The van der Waals surface area contributed by atoms with E-state index in [1.807, 2.05) is 0 Å². The number of anilines is 1. The van der Waals surface area contributed by atoms with Crippen molar-refractivity contribution in [3.8, 4) is 0 Å². The van der Waals surface area contributed by atoms with Gasteiger partial charge in [-0.2, -0.15) is 0 Å². The van der Waals surface area contributed by atoms with Crippen LogP contribution in [-0.2, 0) is 24.3 Å². The van der Waals surface area contributed by atoms with Crippen molar-refractivity contribution < 1.29 is 27.5 Å². The molecule has 0 fully saturated rings. The molecule has 0 aliphatic heterocycles. The maximum Gasteiger partial charge on any atom is 0.307 e. The maximum atomic E-state index is 12.1. The lowest BCUT2D eigenvalue weighted by molar-refractivity contribution is -0.152. The molecule has 1 atom stereocenters. The zero-order chi connectivity index (χ0) is 21.4. The zero-order valence-electron chi connectivity index (χ0n) is 16.0. The first kappa shape index (κ1) is 22.3. The highest BCUT2D eigenvalue weighted by Crippen LogP contribution is 2.11. The fourth-order valence-electron chi connectivity index (χ4n) is 2.31. The van der Waals surface area contributed by atoms with E-state index in [1.54, 1.807) is 42.5 Å². The molecule has 2 aromatic carbocycles. The molecule has 0 radical (unpaired) electrons. The third-order valence-electron chi connectivity index (χ3n) is 3.91. The Kier molecular flexibility index (Phi) is 7.63. The van der Waals surface area contributed by atoms with Gasteiger partial charge in [-0.1, -0.05) is 18.2 Å². The summed E-state index contributed by atoms with van der Waals surface area (Å²) in [7, 11) is -3.71. The van der Waals surface area contributed by atoms with Gasteiger partial charge < -0.3 is 10.1 Å². The van der Waals surface area contributed by atoms with Gasteiger partial charge in [0.2, 0.25) is 10.0 Å². The van der Waals surface area contributed by atoms with Gasteiger partial charge >= 0.3 is 5.97 Å². The van der Waals surface area contributed by atoms with Crippen LogP contribution in [0.3, 0.4) is 0 Å². The Bertz CT molecular complexity index is 972. The molecule has 9 heteroatoms. The number of nitrogens with one attached hydrogen (secondary N) is 2. The molecule has 0 aromatic heterocycles. The highest BCUT2D eigenvalue weighted by atomic mass is 32.2. The van der Waals surface area contributed by atoms with Crippen LogP contribution in [0.2, 0.25) is 0 Å². The first-order chi connectivity index (χ1) is 13.7. The van der Waals surface area contributed by atoms with Crippen LogP contribution in [0.15, 0.2) is 59.5 Å². The molecule has 0 aliphatic carbocycles. The van der Waals surface area contributed by atoms with Crippen molar-refractivity contribution in [2.75, 3.05) is 11.9 Å². The zero-order valence-corrected chi connectivity index (χ0v) is 16.9. The van der Waals surface area contributed by atoms with E-state index in [0.717, 1.165) is 0 Å². The SMILES string of the molecule is CC(=O)c1ccc(NC(=O)[C@H](C)OC(=O)CCNS(=O)(=O)c2ccccc2)cc1. The summed E-state index contributed by atoms with van der Waals surface area (Å²) in [5, 5.41) is 2.58. The molecule has 154 valence electrons. The van der Waals surface area contributed by atoms with Crippen molar-refractivity contribution in [3.63, 3.8) is 0 Å². The number of carbonyl (C=O) groups is 3. The number of hydrogen-bond acceptors (Lipinski definition) is 6. The fraction of sp³-hybridized carbons (Fsp3) is 0.250. The summed E-state index contributed by atoms with van der Waals surface area (Å²) in [6.07, 6.45) is -1.29. The maximum absolute atomic E-state index is 12.1. The van der Waals surface area contributed by atoms with Gasteiger partial charge in [-0.05, 0) is 50.2 Å². The third kappa shape index (κ3) is 6.81. The standard InChI is InChI=1S/C20H22N2O6S/c1-14(23)16-8-10-17(11-9-16)22-20(25)15(2)28-19(24)12-13-21-29(26,27)18-6-4-3-5-7-18/h3-11,15,21H,12-13H2,1-2H3,(H,22,25)/t15-/m0/s1. The normalized spacial score (nSPS) is 12.1. The van der Waals surface area contributed by atoms with Crippen LogP contribution in [0.1, 0.15) is 30.6 Å². The number of ketones is 1. The van der Waals surface area contributed by atoms with Gasteiger partial charge in [0.05, 0.1) is 11.3 Å². The number of esters is 1. The van der Waals surface area contributed by atoms with Crippen LogP contribution >= 0.6 is 0 Å². The molecule has 0 heterocycles. The Balaban J connectivity index is 1.79. The number of ether oxygens (including phenoxy) is 1. The topological polar surface area (TPSA) is 119 Å². The van der Waals surface area contributed by atoms with Gasteiger partial charge in [-0.15, -0.1) is 0 Å². The Hall–Kier alpha value is -3.04. The van der Waals surface area contributed by atoms with E-state index >= 15 is 0 Å². The van der Waals surface area contributed by atoms with Gasteiger partial charge in [0.25, 0.3) is 5.91 Å². The molecule has 0 saturated heterocycles. The van der Waals surface area contributed by atoms with Crippen molar-refractivity contribution >= 4 is 33.4 Å². The third-order valence-corrected chi connectivity index (χ3v) is 5.39. The molecule has 2 N–H and O–H groups in total. The summed E-state index contributed by atoms with van der Waals surface area (Å²) >= 11 is 0. The molecule has 2 aromatic rings. The summed E-state index contributed by atoms with van der Waals surface area (Å²) in [5.41, 5.74) is 0.971. The second kappa shape index (κ2) is 9.94. The summed E-state index contributed by atoms with van der Waals surface area (Å²) in [6.45, 7) is 2.69. The molecular formula is C20H22N2O6S. The number of sulfonamides is 1. The first-order valence-corrected chi connectivity index (χ1v) is 10.3. The van der Waals surface area contributed by atoms with Crippen LogP contribution in [0, 0.1) is 0 Å². The van der Waals surface area contributed by atoms with Gasteiger partial charge in [-0.25, -0.2) is 13.1 Å². The van der Waals surface area contributed by atoms with Crippen molar-refractivity contribution in [2.45, 2.75) is 31.3 Å². The van der Waals surface area contributed by atoms with Crippen molar-refractivity contribution in [1.29, 1.82) is 0 Å². The summed E-state index contributed by atoms with van der Waals surface area (Å²) in [5.74, 6) is -1.35. The molecule has 29 heavy (non-hydrogen) atoms. The average Bonchev–Trinajstić information content (AvgIpc) is 2.68. The van der Waals surface area contributed by atoms with Crippen LogP contribution in [0.4, 0.5) is 5.69 Å². The lowest BCUT2D eigenvalue weighted by atomic mass is 10.1. The predicted octanol–water partition coefficient (Wildman–Crippen LogP) is 2.13. The fourth-order valence-corrected chi connectivity index (χ4v) is 3.37. The second-order valence-electron chi connectivity index (χ2n) is 6.22. The molecule has 0 aliphatic rings. The van der Waals surface area contributed by atoms with Gasteiger partial charge in [0, 0.05) is 17.8 Å². The highest BCUT2D eigenvalue weighted by molar-refractivity contribution is 7.89. The minimum Gasteiger partial charge on any atom is -0.452 e. The summed E-state index contributed by atoms with van der Waals surface area (Å²) in [4.78, 5) is 35.3. The van der Waals surface area contributed by atoms with E-state index in [2.05, 4.69) is 10.0 Å². The predicted molar refractivity (Wildman–Crippen MR) is 107 cm³/mol. The molecule has 2 rings (SSSR count). The van der Waals surface area contributed by atoms with Crippen LogP contribution < -0.4 is 10.0 Å². The average molecular weight is 418 g/mol. The number of carbonyl (C=O) groups excluding carboxylic acids is 3. The van der Waals surface area contributed by atoms with Crippen LogP contribution in [0.25, 0.3) is 0 Å². The number of Topliss-reactive ketones (excluding diaryl/α,β-unsaturated/α-hetero) is 1. The highest BCUT2D eigenvalue weighted by Gasteiger charge is 2.19. The second-order valence-corrected chi connectivity index (χ2v) is 7.98. The van der Waals surface area contributed by atoms with Crippen LogP contribution in [0.5, 0.6) is 0 Å². The summed E-state index contributed by atoms with van der Waals surface area (Å²) < 4.78 is 31.5. The van der Waals surface area contributed by atoms with E-state index in [4.69, 9.17) is 4.74 Å². The number of hydrogen-bond donors (Lipinski definition) is 2. The quantitative estimate of drug-likeness (QED) is 0.476. The lowest BCUT2D eigenvalue weighted by Crippen LogP contribution is -2.32. The van der Waals surface area contributed by atoms with Gasteiger partial charge in [0.1, 0.15) is 0 Å². The smallest absolute Gasteiger partial charge is 0.307 e. The van der Waals surface area contributed by atoms with Gasteiger partial charge in [-0.3, -0.25) is 14.4 Å². The molecule has 8 nitrogen and oxygen atoms in total. The van der Waals surface area contributed by atoms with E-state index in [0.29, 0.717) is 11.3 Å². The largest absolute Gasteiger partial charge is 0.452 e. The van der Waals surface area contributed by atoms with Crippen molar-refractivity contribution in [3.05, 3.63) is 60.2 Å². The molecular weight excluding hydrogens is 396 g/mol. The van der Waals surface area contributed by atoms with Gasteiger partial charge in [0.15, 0.2) is 11.9 Å². The molecule has 0 bridgehead atoms. The molecule has 0 unspecified atom stereocenters. The molecule has 0 spiro atoms. The molecule has 1 amide bonds. The summed E-state index contributed by atoms with van der Waals surface area (Å²) in [6, 6.07) is 14.1. The van der Waals surface area contributed by atoms with E-state index in [-0.39, 0.29) is 23.6 Å². The lowest BCUT2D eigenvalue weighted by Gasteiger charge is -2.14. The Morgan fingerprint density at radius 3 is 2.21 bits per heavy atom.